The Morgan fingerprint density at radius 3 is 2.89 bits per heavy atom. The Bertz CT molecular complexity index is 909. The maximum absolute atomic E-state index is 12.3. The molecule has 2 heterocycles. The van der Waals surface area contributed by atoms with E-state index in [1.807, 2.05) is 20.8 Å². The molecule has 2 aromatic heterocycles. The monoisotopic (exact) mass is 390 g/mol. The molecule has 0 bridgehead atoms. The van der Waals surface area contributed by atoms with E-state index in [1.165, 1.54) is 6.33 Å². The van der Waals surface area contributed by atoms with Gasteiger partial charge in [-0.3, -0.25) is 9.89 Å². The van der Waals surface area contributed by atoms with Gasteiger partial charge in [-0.25, -0.2) is 4.98 Å². The fourth-order valence-corrected chi connectivity index (χ4v) is 2.47. The summed E-state index contributed by atoms with van der Waals surface area (Å²) in [5.74, 6) is 1.23. The first kappa shape index (κ1) is 18.8. The number of rotatable bonds is 7. The van der Waals surface area contributed by atoms with Crippen molar-refractivity contribution in [3.8, 4) is 17.4 Å². The van der Waals surface area contributed by atoms with Crippen molar-refractivity contribution in [1.29, 1.82) is 0 Å². The smallest absolute Gasteiger partial charge is 0.258 e. The number of halogens is 1. The number of nitrogens with one attached hydrogen (secondary N) is 2. The third-order valence-electron chi connectivity index (χ3n) is 3.82. The summed E-state index contributed by atoms with van der Waals surface area (Å²) >= 11 is 5.99. The largest absolute Gasteiger partial charge is 0.484 e. The van der Waals surface area contributed by atoms with Crippen molar-refractivity contribution < 1.29 is 14.1 Å². The van der Waals surface area contributed by atoms with E-state index in [1.54, 1.807) is 18.2 Å². The van der Waals surface area contributed by atoms with Crippen molar-refractivity contribution in [2.24, 2.45) is 5.92 Å². The molecule has 2 N–H and O–H groups in total. The number of nitrogens with zero attached hydrogens (tertiary/aromatic N) is 4. The molecular formula is C17H19ClN6O3. The van der Waals surface area contributed by atoms with Crippen LogP contribution < -0.4 is 10.1 Å². The summed E-state index contributed by atoms with van der Waals surface area (Å²) < 4.78 is 10.8. The standard InChI is InChI=1S/C17H19ClN6O3/c1-9(2)14(17-22-16(24-27-17)15-19-8-20-23-15)21-13(25)7-26-11-4-5-12(18)10(3)6-11/h4-6,8-9,14H,7H2,1-3H3,(H,21,25)(H,19,20,23). The Labute approximate surface area is 160 Å². The fraction of sp³-hybridized carbons (Fsp3) is 0.353. The van der Waals surface area contributed by atoms with Gasteiger partial charge in [-0.15, -0.1) is 0 Å². The van der Waals surface area contributed by atoms with Crippen LogP contribution in [0.3, 0.4) is 0 Å². The van der Waals surface area contributed by atoms with Crippen LogP contribution in [0, 0.1) is 12.8 Å². The Morgan fingerprint density at radius 1 is 1.41 bits per heavy atom. The Morgan fingerprint density at radius 2 is 2.22 bits per heavy atom. The van der Waals surface area contributed by atoms with Crippen LogP contribution in [0.1, 0.15) is 31.3 Å². The molecule has 0 radical (unpaired) electrons. The van der Waals surface area contributed by atoms with Gasteiger partial charge in [-0.1, -0.05) is 30.6 Å². The number of aromatic nitrogens is 5. The number of aromatic amines is 1. The summed E-state index contributed by atoms with van der Waals surface area (Å²) in [6, 6.07) is 4.75. The highest BCUT2D eigenvalue weighted by molar-refractivity contribution is 6.31. The highest BCUT2D eigenvalue weighted by Gasteiger charge is 2.25. The maximum Gasteiger partial charge on any atom is 0.258 e. The molecule has 1 unspecified atom stereocenters. The summed E-state index contributed by atoms with van der Waals surface area (Å²) in [6.45, 7) is 5.60. The van der Waals surface area contributed by atoms with Gasteiger partial charge in [0.25, 0.3) is 5.91 Å². The van der Waals surface area contributed by atoms with Crippen LogP contribution in [0.5, 0.6) is 5.75 Å². The normalized spacial score (nSPS) is 12.2. The lowest BCUT2D eigenvalue weighted by Crippen LogP contribution is -2.35. The molecule has 0 aliphatic rings. The molecule has 0 spiro atoms. The SMILES string of the molecule is Cc1cc(OCC(=O)NC(c2nc(-c3ncn[nH]3)no2)C(C)C)ccc1Cl. The molecule has 0 aliphatic carbocycles. The molecule has 0 saturated carbocycles. The summed E-state index contributed by atoms with van der Waals surface area (Å²) in [6.07, 6.45) is 1.35. The van der Waals surface area contributed by atoms with E-state index in [9.17, 15) is 4.79 Å². The molecule has 0 aliphatic heterocycles. The molecule has 9 nitrogen and oxygen atoms in total. The van der Waals surface area contributed by atoms with Crippen LogP contribution in [0.4, 0.5) is 0 Å². The lowest BCUT2D eigenvalue weighted by Gasteiger charge is -2.18. The van der Waals surface area contributed by atoms with Crippen molar-refractivity contribution in [3.63, 3.8) is 0 Å². The maximum atomic E-state index is 12.3. The fourth-order valence-electron chi connectivity index (χ4n) is 2.36. The zero-order valence-electron chi connectivity index (χ0n) is 15.1. The molecule has 3 aromatic rings. The number of carbonyl (C=O) groups is 1. The van der Waals surface area contributed by atoms with Gasteiger partial charge >= 0.3 is 0 Å². The van der Waals surface area contributed by atoms with Crippen LogP contribution in [0.15, 0.2) is 29.0 Å². The number of carbonyl (C=O) groups excluding carboxylic acids is 1. The molecule has 3 rings (SSSR count). The van der Waals surface area contributed by atoms with Crippen molar-refractivity contribution >= 4 is 17.5 Å². The topological polar surface area (TPSA) is 119 Å². The minimum atomic E-state index is -0.461. The van der Waals surface area contributed by atoms with Gasteiger partial charge < -0.3 is 14.6 Å². The quantitative estimate of drug-likeness (QED) is 0.636. The zero-order valence-corrected chi connectivity index (χ0v) is 15.8. The molecule has 142 valence electrons. The van der Waals surface area contributed by atoms with E-state index >= 15 is 0 Å². The van der Waals surface area contributed by atoms with Crippen LogP contribution >= 0.6 is 11.6 Å². The first-order valence-corrected chi connectivity index (χ1v) is 8.69. The van der Waals surface area contributed by atoms with Gasteiger partial charge in [0.1, 0.15) is 18.1 Å². The van der Waals surface area contributed by atoms with Crippen molar-refractivity contribution in [3.05, 3.63) is 41.0 Å². The molecule has 1 amide bonds. The molecule has 10 heteroatoms. The predicted octanol–water partition coefficient (Wildman–Crippen LogP) is 2.71. The second-order valence-corrected chi connectivity index (χ2v) is 6.69. The van der Waals surface area contributed by atoms with E-state index < -0.39 is 6.04 Å². The van der Waals surface area contributed by atoms with E-state index in [0.717, 1.165) is 5.56 Å². The minimum Gasteiger partial charge on any atom is -0.484 e. The average Bonchev–Trinajstić information content (AvgIpc) is 3.31. The first-order valence-electron chi connectivity index (χ1n) is 8.31. The molecular weight excluding hydrogens is 372 g/mol. The Balaban J connectivity index is 1.63. The second kappa shape index (κ2) is 8.17. The molecule has 0 fully saturated rings. The number of hydrogen-bond donors (Lipinski definition) is 2. The predicted molar refractivity (Wildman–Crippen MR) is 97.1 cm³/mol. The lowest BCUT2D eigenvalue weighted by molar-refractivity contribution is -0.124. The van der Waals surface area contributed by atoms with Crippen LogP contribution in [0.25, 0.3) is 11.6 Å². The highest BCUT2D eigenvalue weighted by Crippen LogP contribution is 2.23. The summed E-state index contributed by atoms with van der Waals surface area (Å²) in [5.41, 5.74) is 0.875. The van der Waals surface area contributed by atoms with Crippen molar-refractivity contribution in [2.45, 2.75) is 26.8 Å². The van der Waals surface area contributed by atoms with Gasteiger partial charge in [0, 0.05) is 5.02 Å². The van der Waals surface area contributed by atoms with Gasteiger partial charge in [-0.05, 0) is 36.6 Å². The third-order valence-corrected chi connectivity index (χ3v) is 4.24. The molecule has 1 aromatic carbocycles. The third kappa shape index (κ3) is 4.62. The summed E-state index contributed by atoms with van der Waals surface area (Å²) in [7, 11) is 0. The summed E-state index contributed by atoms with van der Waals surface area (Å²) in [5, 5.41) is 13.8. The van der Waals surface area contributed by atoms with Crippen LogP contribution in [-0.2, 0) is 4.79 Å². The minimum absolute atomic E-state index is 0.0229. The van der Waals surface area contributed by atoms with E-state index in [2.05, 4.69) is 30.6 Å². The number of amides is 1. The molecule has 1 atom stereocenters. The van der Waals surface area contributed by atoms with Crippen molar-refractivity contribution in [1.82, 2.24) is 30.6 Å². The van der Waals surface area contributed by atoms with Gasteiger partial charge in [0.15, 0.2) is 12.4 Å². The highest BCUT2D eigenvalue weighted by atomic mass is 35.5. The Kier molecular flexibility index (Phi) is 5.70. The number of H-pyrrole nitrogens is 1. The number of hydrogen-bond acceptors (Lipinski definition) is 7. The van der Waals surface area contributed by atoms with E-state index in [4.69, 9.17) is 20.9 Å². The second-order valence-electron chi connectivity index (χ2n) is 6.28. The first-order chi connectivity index (χ1) is 12.9. The molecule has 27 heavy (non-hydrogen) atoms. The van der Waals surface area contributed by atoms with Gasteiger partial charge in [0.2, 0.25) is 11.7 Å². The number of benzene rings is 1. The van der Waals surface area contributed by atoms with Crippen LogP contribution in [-0.4, -0.2) is 37.8 Å². The van der Waals surface area contributed by atoms with Gasteiger partial charge in [0.05, 0.1) is 0 Å². The Hall–Kier alpha value is -2.94. The average molecular weight is 391 g/mol. The number of aryl methyl sites for hydroxylation is 1. The summed E-state index contributed by atoms with van der Waals surface area (Å²) in [4.78, 5) is 20.6. The lowest BCUT2D eigenvalue weighted by atomic mass is 10.0. The van der Waals surface area contributed by atoms with E-state index in [0.29, 0.717) is 16.6 Å². The van der Waals surface area contributed by atoms with Gasteiger partial charge in [-0.2, -0.15) is 10.1 Å². The van der Waals surface area contributed by atoms with E-state index in [-0.39, 0.29) is 30.1 Å². The van der Waals surface area contributed by atoms with Crippen LogP contribution in [0.2, 0.25) is 5.02 Å². The zero-order chi connectivity index (χ0) is 19.4. The molecule has 0 saturated heterocycles. The number of ether oxygens (including phenoxy) is 1. The van der Waals surface area contributed by atoms with Crippen molar-refractivity contribution in [2.75, 3.05) is 6.61 Å².